The number of thioether (sulfide) groups is 1. The summed E-state index contributed by atoms with van der Waals surface area (Å²) in [6.07, 6.45) is 9.74. The number of terminal acetylenes is 1. The van der Waals surface area contributed by atoms with Crippen molar-refractivity contribution in [3.05, 3.63) is 0 Å². The Kier molecular flexibility index (Phi) is 3.62. The van der Waals surface area contributed by atoms with E-state index in [1.54, 1.807) is 0 Å². The number of nitrogens with zero attached hydrogens (tertiary/aromatic N) is 3. The van der Waals surface area contributed by atoms with Crippen molar-refractivity contribution in [3.8, 4) is 12.3 Å². The van der Waals surface area contributed by atoms with Gasteiger partial charge in [-0.2, -0.15) is 15.0 Å². The first-order valence-electron chi connectivity index (χ1n) is 5.85. The van der Waals surface area contributed by atoms with E-state index in [2.05, 4.69) is 31.5 Å². The molecule has 0 aliphatic heterocycles. The van der Waals surface area contributed by atoms with E-state index in [4.69, 9.17) is 6.42 Å². The summed E-state index contributed by atoms with van der Waals surface area (Å²) < 4.78 is 0. The zero-order valence-electron chi connectivity index (χ0n) is 10.8. The van der Waals surface area contributed by atoms with Crippen LogP contribution in [0.25, 0.3) is 0 Å². The van der Waals surface area contributed by atoms with Crippen molar-refractivity contribution in [2.24, 2.45) is 0 Å². The monoisotopic (exact) mass is 263 g/mol. The number of nitrogens with one attached hydrogen (secondary N) is 2. The second-order valence-electron chi connectivity index (χ2n) is 4.78. The van der Waals surface area contributed by atoms with Gasteiger partial charge in [0.05, 0.1) is 5.54 Å². The number of anilines is 2. The summed E-state index contributed by atoms with van der Waals surface area (Å²) in [6.45, 7) is 3.81. The minimum atomic E-state index is -0.478. The van der Waals surface area contributed by atoms with Gasteiger partial charge >= 0.3 is 0 Å². The number of hydrogen-bond donors (Lipinski definition) is 2. The van der Waals surface area contributed by atoms with Crippen LogP contribution in [0, 0.1) is 12.3 Å². The Labute approximate surface area is 112 Å². The predicted molar refractivity (Wildman–Crippen MR) is 74.8 cm³/mol. The molecule has 18 heavy (non-hydrogen) atoms. The van der Waals surface area contributed by atoms with Crippen LogP contribution in [0.4, 0.5) is 11.9 Å². The molecule has 0 bridgehead atoms. The van der Waals surface area contributed by atoms with E-state index in [0.29, 0.717) is 23.1 Å². The lowest BCUT2D eigenvalue weighted by atomic mass is 10.1. The zero-order chi connectivity index (χ0) is 13.2. The lowest BCUT2D eigenvalue weighted by Gasteiger charge is -2.19. The second kappa shape index (κ2) is 5.02. The molecule has 1 aromatic heterocycles. The van der Waals surface area contributed by atoms with Gasteiger partial charge in [-0.1, -0.05) is 17.7 Å². The Morgan fingerprint density at radius 1 is 1.28 bits per heavy atom. The van der Waals surface area contributed by atoms with Gasteiger partial charge in [-0.3, -0.25) is 0 Å². The molecule has 1 aliphatic rings. The average Bonchev–Trinajstić information content (AvgIpc) is 3.12. The van der Waals surface area contributed by atoms with Crippen molar-refractivity contribution < 1.29 is 0 Å². The van der Waals surface area contributed by atoms with E-state index >= 15 is 0 Å². The van der Waals surface area contributed by atoms with Gasteiger partial charge in [0, 0.05) is 6.04 Å². The van der Waals surface area contributed by atoms with Gasteiger partial charge in [-0.25, -0.2) is 0 Å². The van der Waals surface area contributed by atoms with Crippen LogP contribution < -0.4 is 10.6 Å². The quantitative estimate of drug-likeness (QED) is 0.626. The summed E-state index contributed by atoms with van der Waals surface area (Å²) in [5, 5.41) is 7.08. The number of rotatable bonds is 5. The summed E-state index contributed by atoms with van der Waals surface area (Å²) in [7, 11) is 0. The minimum absolute atomic E-state index is 0.478. The molecule has 2 rings (SSSR count). The van der Waals surface area contributed by atoms with E-state index in [-0.39, 0.29) is 0 Å². The summed E-state index contributed by atoms with van der Waals surface area (Å²) in [6, 6.07) is 0.510. The fourth-order valence-corrected chi connectivity index (χ4v) is 1.65. The zero-order valence-corrected chi connectivity index (χ0v) is 11.6. The van der Waals surface area contributed by atoms with Crippen LogP contribution >= 0.6 is 11.8 Å². The van der Waals surface area contributed by atoms with Gasteiger partial charge in [-0.15, -0.1) is 6.42 Å². The van der Waals surface area contributed by atoms with Crippen LogP contribution in [-0.2, 0) is 0 Å². The first kappa shape index (κ1) is 13.0. The normalized spacial score (nSPS) is 15.0. The molecule has 0 radical (unpaired) electrons. The molecule has 1 aliphatic carbocycles. The standard InChI is InChI=1S/C12H17N5S/c1-5-12(2,3)17-10-14-9(13-8-6-7-8)15-11(16-10)18-4/h1,8H,6-7H2,2-4H3,(H2,13,14,15,16,17). The molecule has 2 N–H and O–H groups in total. The molecule has 1 aromatic rings. The number of hydrogen-bond acceptors (Lipinski definition) is 6. The van der Waals surface area contributed by atoms with Crippen LogP contribution in [0.3, 0.4) is 0 Å². The van der Waals surface area contributed by atoms with Crippen molar-refractivity contribution >= 4 is 23.7 Å². The topological polar surface area (TPSA) is 62.7 Å². The molecule has 1 heterocycles. The average molecular weight is 263 g/mol. The molecule has 0 unspecified atom stereocenters. The summed E-state index contributed by atoms with van der Waals surface area (Å²) in [5.74, 6) is 3.79. The Balaban J connectivity index is 2.20. The maximum atomic E-state index is 5.45. The molecule has 0 aromatic carbocycles. The minimum Gasteiger partial charge on any atom is -0.351 e. The van der Waals surface area contributed by atoms with Gasteiger partial charge in [0.15, 0.2) is 5.16 Å². The molecule has 0 saturated heterocycles. The highest BCUT2D eigenvalue weighted by Gasteiger charge is 2.23. The van der Waals surface area contributed by atoms with Crippen molar-refractivity contribution in [2.75, 3.05) is 16.9 Å². The van der Waals surface area contributed by atoms with Crippen LogP contribution in [-0.4, -0.2) is 32.8 Å². The van der Waals surface area contributed by atoms with Crippen molar-refractivity contribution in [3.63, 3.8) is 0 Å². The Hall–Kier alpha value is -1.48. The lowest BCUT2D eigenvalue weighted by molar-refractivity contribution is 0.720. The molecule has 0 spiro atoms. The van der Waals surface area contributed by atoms with E-state index in [1.807, 2.05) is 20.1 Å². The van der Waals surface area contributed by atoms with Crippen LogP contribution in [0.1, 0.15) is 26.7 Å². The second-order valence-corrected chi connectivity index (χ2v) is 5.56. The Bertz CT molecular complexity index is 476. The first-order valence-corrected chi connectivity index (χ1v) is 7.07. The summed E-state index contributed by atoms with van der Waals surface area (Å²) >= 11 is 1.48. The summed E-state index contributed by atoms with van der Waals surface area (Å²) in [4.78, 5) is 13.0. The van der Waals surface area contributed by atoms with Crippen LogP contribution in [0.5, 0.6) is 0 Å². The molecule has 1 saturated carbocycles. The third-order valence-corrected chi connectivity index (χ3v) is 3.04. The van der Waals surface area contributed by atoms with E-state index in [0.717, 1.165) is 0 Å². The van der Waals surface area contributed by atoms with Crippen LogP contribution in [0.2, 0.25) is 0 Å². The van der Waals surface area contributed by atoms with Gasteiger partial charge in [-0.05, 0) is 32.9 Å². The molecular formula is C12H17N5S. The highest BCUT2D eigenvalue weighted by atomic mass is 32.2. The molecule has 6 heteroatoms. The van der Waals surface area contributed by atoms with Gasteiger partial charge in [0.25, 0.3) is 0 Å². The van der Waals surface area contributed by atoms with Crippen molar-refractivity contribution in [1.82, 2.24) is 15.0 Å². The first-order chi connectivity index (χ1) is 8.52. The highest BCUT2D eigenvalue weighted by Crippen LogP contribution is 2.24. The fraction of sp³-hybridized carbons (Fsp3) is 0.583. The maximum absolute atomic E-state index is 5.45. The van der Waals surface area contributed by atoms with E-state index in [9.17, 15) is 0 Å². The Morgan fingerprint density at radius 3 is 2.50 bits per heavy atom. The predicted octanol–water partition coefficient (Wildman–Crippen LogP) is 1.99. The molecule has 0 atom stereocenters. The van der Waals surface area contributed by atoms with Gasteiger partial charge in [0.1, 0.15) is 0 Å². The SMILES string of the molecule is C#CC(C)(C)Nc1nc(NC2CC2)nc(SC)n1. The largest absolute Gasteiger partial charge is 0.351 e. The molecule has 1 fully saturated rings. The molecule has 5 nitrogen and oxygen atoms in total. The van der Waals surface area contributed by atoms with Crippen molar-refractivity contribution in [1.29, 1.82) is 0 Å². The summed E-state index contributed by atoms with van der Waals surface area (Å²) in [5.41, 5.74) is -0.478. The van der Waals surface area contributed by atoms with Gasteiger partial charge < -0.3 is 10.6 Å². The molecule has 0 amide bonds. The number of aromatic nitrogens is 3. The van der Waals surface area contributed by atoms with E-state index < -0.39 is 5.54 Å². The highest BCUT2D eigenvalue weighted by molar-refractivity contribution is 7.98. The maximum Gasteiger partial charge on any atom is 0.229 e. The van der Waals surface area contributed by atoms with Gasteiger partial charge in [0.2, 0.25) is 11.9 Å². The Morgan fingerprint density at radius 2 is 1.94 bits per heavy atom. The molecule has 96 valence electrons. The van der Waals surface area contributed by atoms with Crippen LogP contribution in [0.15, 0.2) is 5.16 Å². The van der Waals surface area contributed by atoms with E-state index in [1.165, 1.54) is 24.6 Å². The smallest absolute Gasteiger partial charge is 0.229 e. The third kappa shape index (κ3) is 3.50. The van der Waals surface area contributed by atoms with Crippen molar-refractivity contribution in [2.45, 2.75) is 43.4 Å². The fourth-order valence-electron chi connectivity index (χ4n) is 1.29. The lowest BCUT2D eigenvalue weighted by Crippen LogP contribution is -2.30. The third-order valence-electron chi connectivity index (χ3n) is 2.49. The molecular weight excluding hydrogens is 246 g/mol.